The van der Waals surface area contributed by atoms with Crippen molar-refractivity contribution in [2.45, 2.75) is 19.6 Å². The Labute approximate surface area is 165 Å². The van der Waals surface area contributed by atoms with Gasteiger partial charge in [0.25, 0.3) is 5.56 Å². The topological polar surface area (TPSA) is 103 Å². The van der Waals surface area contributed by atoms with E-state index in [-0.39, 0.29) is 27.4 Å². The van der Waals surface area contributed by atoms with E-state index in [9.17, 15) is 27.6 Å². The molecule has 0 fully saturated rings. The molecule has 0 bridgehead atoms. The van der Waals surface area contributed by atoms with Crippen LogP contribution in [0.25, 0.3) is 10.9 Å². The molecule has 2 aromatic carbocycles. The SMILES string of the molecule is Cc1nc2ccc(N(Cc3ccc(C(=O)O)cc3)C(=O)C(F)(F)F)c(F)c2c(=O)[nH]1. The number of aromatic amines is 1. The lowest BCUT2D eigenvalue weighted by Gasteiger charge is -2.25. The van der Waals surface area contributed by atoms with E-state index in [1.807, 2.05) is 0 Å². The molecule has 0 unspecified atom stereocenters. The van der Waals surface area contributed by atoms with Crippen molar-refractivity contribution in [2.24, 2.45) is 0 Å². The van der Waals surface area contributed by atoms with Crippen molar-refractivity contribution < 1.29 is 32.3 Å². The first-order valence-electron chi connectivity index (χ1n) is 8.39. The van der Waals surface area contributed by atoms with Gasteiger partial charge in [-0.25, -0.2) is 14.2 Å². The van der Waals surface area contributed by atoms with E-state index in [1.54, 1.807) is 0 Å². The zero-order chi connectivity index (χ0) is 22.2. The van der Waals surface area contributed by atoms with Crippen LogP contribution in [0.5, 0.6) is 0 Å². The molecule has 0 aliphatic carbocycles. The minimum Gasteiger partial charge on any atom is -0.478 e. The molecule has 0 radical (unpaired) electrons. The molecule has 11 heteroatoms. The van der Waals surface area contributed by atoms with E-state index in [4.69, 9.17) is 5.11 Å². The van der Waals surface area contributed by atoms with Crippen LogP contribution in [0.3, 0.4) is 0 Å². The first kappa shape index (κ1) is 21.0. The second-order valence-corrected chi connectivity index (χ2v) is 6.34. The van der Waals surface area contributed by atoms with Crippen LogP contribution >= 0.6 is 0 Å². The highest BCUT2D eigenvalue weighted by molar-refractivity contribution is 5.99. The van der Waals surface area contributed by atoms with Crippen molar-refractivity contribution >= 4 is 28.5 Å². The molecule has 7 nitrogen and oxygen atoms in total. The molecule has 0 atom stereocenters. The number of benzene rings is 2. The number of hydrogen-bond donors (Lipinski definition) is 2. The fraction of sp³-hybridized carbons (Fsp3) is 0.158. The smallest absolute Gasteiger partial charge is 0.471 e. The second-order valence-electron chi connectivity index (χ2n) is 6.34. The molecule has 1 aromatic heterocycles. The Morgan fingerprint density at radius 3 is 2.33 bits per heavy atom. The van der Waals surface area contributed by atoms with Gasteiger partial charge in [0.05, 0.1) is 23.3 Å². The highest BCUT2D eigenvalue weighted by Gasteiger charge is 2.44. The summed E-state index contributed by atoms with van der Waals surface area (Å²) < 4.78 is 54.5. The quantitative estimate of drug-likeness (QED) is 0.628. The number of rotatable bonds is 4. The van der Waals surface area contributed by atoms with Crippen molar-refractivity contribution in [1.29, 1.82) is 0 Å². The molecular weight excluding hydrogens is 410 g/mol. The molecule has 3 aromatic rings. The van der Waals surface area contributed by atoms with Crippen LogP contribution in [-0.2, 0) is 11.3 Å². The number of fused-ring (bicyclic) bond motifs is 1. The van der Waals surface area contributed by atoms with Crippen molar-refractivity contribution in [1.82, 2.24) is 9.97 Å². The fourth-order valence-corrected chi connectivity index (χ4v) is 2.86. The van der Waals surface area contributed by atoms with E-state index in [0.717, 1.165) is 24.3 Å². The largest absolute Gasteiger partial charge is 0.478 e. The summed E-state index contributed by atoms with van der Waals surface area (Å²) in [6, 6.07) is 6.76. The van der Waals surface area contributed by atoms with Crippen LogP contribution in [0.1, 0.15) is 21.7 Å². The summed E-state index contributed by atoms with van der Waals surface area (Å²) in [5, 5.41) is 8.33. The van der Waals surface area contributed by atoms with Crippen molar-refractivity contribution in [2.75, 3.05) is 4.90 Å². The number of carboxylic acid groups (broad SMARTS) is 1. The van der Waals surface area contributed by atoms with Gasteiger partial charge in [-0.1, -0.05) is 12.1 Å². The molecule has 156 valence electrons. The molecule has 1 amide bonds. The number of H-pyrrole nitrogens is 1. The number of carbonyl (C=O) groups excluding carboxylic acids is 1. The summed E-state index contributed by atoms with van der Waals surface area (Å²) in [5.41, 5.74) is -1.74. The average molecular weight is 423 g/mol. The normalized spacial score (nSPS) is 11.5. The number of halogens is 4. The molecule has 0 spiro atoms. The summed E-state index contributed by atoms with van der Waals surface area (Å²) in [5.74, 6) is -4.74. The molecule has 3 rings (SSSR count). The number of aromatic carboxylic acids is 1. The number of nitrogens with zero attached hydrogens (tertiary/aromatic N) is 2. The van der Waals surface area contributed by atoms with E-state index in [2.05, 4.69) is 9.97 Å². The lowest BCUT2D eigenvalue weighted by atomic mass is 10.1. The van der Waals surface area contributed by atoms with Gasteiger partial charge in [0, 0.05) is 0 Å². The summed E-state index contributed by atoms with van der Waals surface area (Å²) in [7, 11) is 0. The molecule has 0 aliphatic heterocycles. The van der Waals surface area contributed by atoms with Crippen molar-refractivity contribution in [3.63, 3.8) is 0 Å². The maximum Gasteiger partial charge on any atom is 0.471 e. The standard InChI is InChI=1S/C19H13F4N3O4/c1-9-24-12-6-7-13(15(20)14(12)16(27)25-9)26(18(30)19(21,22)23)8-10-2-4-11(5-3-10)17(28)29/h2-7H,8H2,1H3,(H,28,29)(H,24,25,27). The number of amides is 1. The first-order valence-corrected chi connectivity index (χ1v) is 8.39. The summed E-state index contributed by atoms with van der Waals surface area (Å²) >= 11 is 0. The number of alkyl halides is 3. The molecule has 30 heavy (non-hydrogen) atoms. The van der Waals surface area contributed by atoms with E-state index in [0.29, 0.717) is 0 Å². The van der Waals surface area contributed by atoms with Crippen LogP contribution < -0.4 is 10.5 Å². The van der Waals surface area contributed by atoms with Crippen molar-refractivity contribution in [3.05, 3.63) is 69.5 Å². The third-order valence-electron chi connectivity index (χ3n) is 4.23. The number of aryl methyl sites for hydroxylation is 1. The fourth-order valence-electron chi connectivity index (χ4n) is 2.86. The molecular formula is C19H13F4N3O4. The molecule has 0 aliphatic rings. The lowest BCUT2D eigenvalue weighted by Crippen LogP contribution is -2.41. The Balaban J connectivity index is 2.13. The number of carbonyl (C=O) groups is 2. The van der Waals surface area contributed by atoms with Gasteiger partial charge < -0.3 is 10.1 Å². The second kappa shape index (κ2) is 7.58. The minimum absolute atomic E-state index is 0.0808. The van der Waals surface area contributed by atoms with Crippen LogP contribution in [0.15, 0.2) is 41.2 Å². The van der Waals surface area contributed by atoms with Gasteiger partial charge in [-0.05, 0) is 36.8 Å². The van der Waals surface area contributed by atoms with E-state index >= 15 is 4.39 Å². The maximum absolute atomic E-state index is 15.0. The van der Waals surface area contributed by atoms with Crippen molar-refractivity contribution in [3.8, 4) is 0 Å². The Hall–Kier alpha value is -3.76. The van der Waals surface area contributed by atoms with Gasteiger partial charge >= 0.3 is 18.1 Å². The van der Waals surface area contributed by atoms with Gasteiger partial charge in [-0.15, -0.1) is 0 Å². The number of aromatic nitrogens is 2. The Morgan fingerprint density at radius 2 is 1.77 bits per heavy atom. The minimum atomic E-state index is -5.32. The van der Waals surface area contributed by atoms with Gasteiger partial charge in [-0.2, -0.15) is 13.2 Å². The number of nitrogens with one attached hydrogen (secondary N) is 1. The number of anilines is 1. The third kappa shape index (κ3) is 4.00. The Kier molecular flexibility index (Phi) is 5.29. The lowest BCUT2D eigenvalue weighted by molar-refractivity contribution is -0.170. The molecule has 0 saturated carbocycles. The van der Waals surface area contributed by atoms with Crippen LogP contribution in [0, 0.1) is 12.7 Å². The zero-order valence-corrected chi connectivity index (χ0v) is 15.2. The first-order chi connectivity index (χ1) is 14.0. The summed E-state index contributed by atoms with van der Waals surface area (Å²) in [6.07, 6.45) is -5.32. The van der Waals surface area contributed by atoms with Crippen LogP contribution in [0.4, 0.5) is 23.2 Å². The Bertz CT molecular complexity index is 1200. The highest BCUT2D eigenvalue weighted by atomic mass is 19.4. The average Bonchev–Trinajstić information content (AvgIpc) is 2.65. The summed E-state index contributed by atoms with van der Waals surface area (Å²) in [6.45, 7) is 0.741. The molecule has 2 N–H and O–H groups in total. The van der Waals surface area contributed by atoms with E-state index < -0.39 is 47.0 Å². The van der Waals surface area contributed by atoms with Gasteiger partial charge in [0.15, 0.2) is 5.82 Å². The highest BCUT2D eigenvalue weighted by Crippen LogP contribution is 2.30. The van der Waals surface area contributed by atoms with Gasteiger partial charge in [0.1, 0.15) is 11.2 Å². The molecule has 1 heterocycles. The monoisotopic (exact) mass is 423 g/mol. The van der Waals surface area contributed by atoms with Crippen LogP contribution in [0.2, 0.25) is 0 Å². The van der Waals surface area contributed by atoms with Gasteiger partial charge in [-0.3, -0.25) is 14.5 Å². The molecule has 0 saturated heterocycles. The number of carboxylic acids is 1. The third-order valence-corrected chi connectivity index (χ3v) is 4.23. The van der Waals surface area contributed by atoms with Crippen LogP contribution in [-0.4, -0.2) is 33.1 Å². The predicted molar refractivity (Wildman–Crippen MR) is 97.7 cm³/mol. The van der Waals surface area contributed by atoms with Gasteiger partial charge in [0.2, 0.25) is 0 Å². The maximum atomic E-state index is 15.0. The summed E-state index contributed by atoms with van der Waals surface area (Å²) in [4.78, 5) is 41.4. The van der Waals surface area contributed by atoms with E-state index in [1.165, 1.54) is 19.1 Å². The Morgan fingerprint density at radius 1 is 1.13 bits per heavy atom. The predicted octanol–water partition coefficient (Wildman–Crippen LogP) is 3.16. The number of hydrogen-bond acceptors (Lipinski definition) is 4. The zero-order valence-electron chi connectivity index (χ0n) is 15.2.